The van der Waals surface area contributed by atoms with Gasteiger partial charge in [0.05, 0.1) is 12.6 Å². The molecule has 4 nitrogen and oxygen atoms in total. The molecule has 2 N–H and O–H groups in total. The molecule has 1 amide bonds. The maximum Gasteiger partial charge on any atom is 0.233 e. The summed E-state index contributed by atoms with van der Waals surface area (Å²) in [4.78, 5) is 11.6. The van der Waals surface area contributed by atoms with Crippen LogP contribution in [-0.4, -0.2) is 37.7 Å². The third-order valence-corrected chi connectivity index (χ3v) is 3.53. The molecule has 0 aromatic heterocycles. The van der Waals surface area contributed by atoms with Crippen molar-refractivity contribution in [3.8, 4) is 0 Å². The lowest BCUT2D eigenvalue weighted by atomic mass is 10.00. The van der Waals surface area contributed by atoms with Crippen molar-refractivity contribution in [2.24, 2.45) is 5.92 Å². The molecular formula is C13H26N2O2. The Morgan fingerprint density at radius 2 is 2.24 bits per heavy atom. The van der Waals surface area contributed by atoms with E-state index in [-0.39, 0.29) is 5.91 Å². The molecule has 4 heteroatoms. The summed E-state index contributed by atoms with van der Waals surface area (Å²) in [6.45, 7) is 8.33. The van der Waals surface area contributed by atoms with Crippen LogP contribution in [0.2, 0.25) is 0 Å². The monoisotopic (exact) mass is 242 g/mol. The highest BCUT2D eigenvalue weighted by molar-refractivity contribution is 5.78. The fourth-order valence-electron chi connectivity index (χ4n) is 2.10. The zero-order valence-electron chi connectivity index (χ0n) is 11.3. The number of carbonyl (C=O) groups excluding carboxylic acids is 1. The van der Waals surface area contributed by atoms with Gasteiger partial charge in [-0.1, -0.05) is 13.8 Å². The van der Waals surface area contributed by atoms with Crippen molar-refractivity contribution < 1.29 is 9.53 Å². The molecule has 1 aliphatic rings. The standard InChI is InChI=1S/C13H26N2O2/c1-4-10(3)14-9-13(16)15-8-11-6-7-17-12(11)5-2/h10-12,14H,4-9H2,1-3H3,(H,15,16). The Labute approximate surface area is 104 Å². The Hall–Kier alpha value is -0.610. The summed E-state index contributed by atoms with van der Waals surface area (Å²) >= 11 is 0. The van der Waals surface area contributed by atoms with Crippen LogP contribution in [0.4, 0.5) is 0 Å². The van der Waals surface area contributed by atoms with Gasteiger partial charge in [-0.05, 0) is 26.2 Å². The predicted octanol–water partition coefficient (Wildman–Crippen LogP) is 1.31. The zero-order chi connectivity index (χ0) is 12.7. The van der Waals surface area contributed by atoms with Gasteiger partial charge in [0, 0.05) is 25.1 Å². The van der Waals surface area contributed by atoms with Crippen LogP contribution in [0.5, 0.6) is 0 Å². The Bertz CT molecular complexity index is 233. The number of rotatable bonds is 7. The van der Waals surface area contributed by atoms with Gasteiger partial charge in [-0.2, -0.15) is 0 Å². The van der Waals surface area contributed by atoms with Crippen molar-refractivity contribution >= 4 is 5.91 Å². The van der Waals surface area contributed by atoms with E-state index in [1.54, 1.807) is 0 Å². The average Bonchev–Trinajstić information content (AvgIpc) is 2.80. The van der Waals surface area contributed by atoms with Gasteiger partial charge in [0.25, 0.3) is 0 Å². The normalized spacial score (nSPS) is 25.8. The highest BCUT2D eigenvalue weighted by Crippen LogP contribution is 2.22. The van der Waals surface area contributed by atoms with E-state index in [1.165, 1.54) is 0 Å². The zero-order valence-corrected chi connectivity index (χ0v) is 11.3. The van der Waals surface area contributed by atoms with E-state index in [4.69, 9.17) is 4.74 Å². The molecule has 1 fully saturated rings. The minimum Gasteiger partial charge on any atom is -0.378 e. The minimum atomic E-state index is 0.0899. The molecule has 1 aliphatic heterocycles. The molecule has 100 valence electrons. The van der Waals surface area contributed by atoms with Crippen LogP contribution in [0.3, 0.4) is 0 Å². The summed E-state index contributed by atoms with van der Waals surface area (Å²) in [6, 6.07) is 0.402. The molecule has 1 rings (SSSR count). The molecule has 0 aromatic rings. The van der Waals surface area contributed by atoms with Gasteiger partial charge in [0.15, 0.2) is 0 Å². The first kappa shape index (κ1) is 14.5. The van der Waals surface area contributed by atoms with Gasteiger partial charge in [-0.25, -0.2) is 0 Å². The van der Waals surface area contributed by atoms with Gasteiger partial charge in [0.2, 0.25) is 5.91 Å². The van der Waals surface area contributed by atoms with Crippen molar-refractivity contribution in [3.05, 3.63) is 0 Å². The van der Waals surface area contributed by atoms with Crippen LogP contribution in [0, 0.1) is 5.92 Å². The van der Waals surface area contributed by atoms with Gasteiger partial charge >= 0.3 is 0 Å². The van der Waals surface area contributed by atoms with Crippen molar-refractivity contribution in [1.29, 1.82) is 0 Å². The molecule has 0 aromatic carbocycles. The Morgan fingerprint density at radius 1 is 1.47 bits per heavy atom. The van der Waals surface area contributed by atoms with Gasteiger partial charge < -0.3 is 15.4 Å². The van der Waals surface area contributed by atoms with Gasteiger partial charge in [0.1, 0.15) is 0 Å². The van der Waals surface area contributed by atoms with Crippen LogP contribution in [0.25, 0.3) is 0 Å². The number of hydrogen-bond acceptors (Lipinski definition) is 3. The summed E-state index contributed by atoms with van der Waals surface area (Å²) in [6.07, 6.45) is 3.48. The van der Waals surface area contributed by atoms with E-state index in [0.717, 1.165) is 32.4 Å². The quantitative estimate of drug-likeness (QED) is 0.707. The molecular weight excluding hydrogens is 216 g/mol. The lowest BCUT2D eigenvalue weighted by Crippen LogP contribution is -2.40. The number of ether oxygens (including phenoxy) is 1. The summed E-state index contributed by atoms with van der Waals surface area (Å²) in [5, 5.41) is 6.18. The first-order valence-electron chi connectivity index (χ1n) is 6.79. The largest absolute Gasteiger partial charge is 0.378 e. The molecule has 0 radical (unpaired) electrons. The molecule has 1 heterocycles. The van der Waals surface area contributed by atoms with E-state index in [9.17, 15) is 4.79 Å². The number of nitrogens with one attached hydrogen (secondary N) is 2. The van der Waals surface area contributed by atoms with E-state index in [2.05, 4.69) is 31.4 Å². The second kappa shape index (κ2) is 7.67. The topological polar surface area (TPSA) is 50.4 Å². The summed E-state index contributed by atoms with van der Waals surface area (Å²) < 4.78 is 5.60. The smallest absolute Gasteiger partial charge is 0.233 e. The lowest BCUT2D eigenvalue weighted by Gasteiger charge is -2.18. The Kier molecular flexibility index (Phi) is 6.52. The van der Waals surface area contributed by atoms with E-state index in [1.807, 2.05) is 0 Å². The second-order valence-corrected chi connectivity index (χ2v) is 4.86. The maximum atomic E-state index is 11.6. The van der Waals surface area contributed by atoms with Gasteiger partial charge in [-0.15, -0.1) is 0 Å². The van der Waals surface area contributed by atoms with Crippen LogP contribution in [0.1, 0.15) is 40.0 Å². The number of amides is 1. The minimum absolute atomic E-state index is 0.0899. The molecule has 3 unspecified atom stereocenters. The van der Waals surface area contributed by atoms with Crippen molar-refractivity contribution in [2.45, 2.75) is 52.2 Å². The van der Waals surface area contributed by atoms with Crippen LogP contribution in [-0.2, 0) is 9.53 Å². The van der Waals surface area contributed by atoms with Gasteiger partial charge in [-0.3, -0.25) is 4.79 Å². The first-order chi connectivity index (χ1) is 8.17. The lowest BCUT2D eigenvalue weighted by molar-refractivity contribution is -0.120. The average molecular weight is 242 g/mol. The molecule has 0 spiro atoms. The van der Waals surface area contributed by atoms with Crippen LogP contribution >= 0.6 is 0 Å². The van der Waals surface area contributed by atoms with Crippen molar-refractivity contribution in [3.63, 3.8) is 0 Å². The van der Waals surface area contributed by atoms with E-state index >= 15 is 0 Å². The molecule has 17 heavy (non-hydrogen) atoms. The van der Waals surface area contributed by atoms with Crippen molar-refractivity contribution in [2.75, 3.05) is 19.7 Å². The second-order valence-electron chi connectivity index (χ2n) is 4.86. The van der Waals surface area contributed by atoms with E-state index < -0.39 is 0 Å². The molecule has 0 saturated carbocycles. The maximum absolute atomic E-state index is 11.6. The fourth-order valence-corrected chi connectivity index (χ4v) is 2.10. The fraction of sp³-hybridized carbons (Fsp3) is 0.923. The van der Waals surface area contributed by atoms with Crippen molar-refractivity contribution in [1.82, 2.24) is 10.6 Å². The summed E-state index contributed by atoms with van der Waals surface area (Å²) in [5.74, 6) is 0.583. The van der Waals surface area contributed by atoms with E-state index in [0.29, 0.717) is 24.6 Å². The highest BCUT2D eigenvalue weighted by Gasteiger charge is 2.26. The summed E-state index contributed by atoms with van der Waals surface area (Å²) in [7, 11) is 0. The third-order valence-electron chi connectivity index (χ3n) is 3.53. The Balaban J connectivity index is 2.15. The SMILES string of the molecule is CCC(C)NCC(=O)NCC1CCOC1CC. The predicted molar refractivity (Wildman–Crippen MR) is 68.9 cm³/mol. The highest BCUT2D eigenvalue weighted by atomic mass is 16.5. The van der Waals surface area contributed by atoms with Crippen LogP contribution < -0.4 is 10.6 Å². The molecule has 0 bridgehead atoms. The molecule has 0 aliphatic carbocycles. The van der Waals surface area contributed by atoms with Crippen LogP contribution in [0.15, 0.2) is 0 Å². The first-order valence-corrected chi connectivity index (χ1v) is 6.79. The number of hydrogen-bond donors (Lipinski definition) is 2. The Morgan fingerprint density at radius 3 is 2.88 bits per heavy atom. The summed E-state index contributed by atoms with van der Waals surface area (Å²) in [5.41, 5.74) is 0. The molecule has 1 saturated heterocycles. The molecule has 3 atom stereocenters. The number of carbonyl (C=O) groups is 1. The third kappa shape index (κ3) is 5.04.